The second-order valence-electron chi connectivity index (χ2n) is 2.39. The molecule has 0 aromatic carbocycles. The smallest absolute Gasteiger partial charge is 0.124 e. The van der Waals surface area contributed by atoms with Crippen molar-refractivity contribution in [3.63, 3.8) is 0 Å². The number of nitrogen functional groups attached to an aromatic ring is 1. The highest BCUT2D eigenvalue weighted by molar-refractivity contribution is 9.10. The van der Waals surface area contributed by atoms with Gasteiger partial charge in [-0.05, 0) is 28.1 Å². The predicted octanol–water partition coefficient (Wildman–Crippen LogP) is 1.61. The molecule has 0 amide bonds. The highest BCUT2D eigenvalue weighted by atomic mass is 79.9. The fourth-order valence-electron chi connectivity index (χ4n) is 0.888. The highest BCUT2D eigenvalue weighted by Crippen LogP contribution is 2.11. The lowest BCUT2D eigenvalue weighted by Crippen LogP contribution is -1.93. The van der Waals surface area contributed by atoms with Gasteiger partial charge in [-0.2, -0.15) is 0 Å². The van der Waals surface area contributed by atoms with E-state index in [1.54, 1.807) is 12.1 Å². The third kappa shape index (κ3) is 1.70. The van der Waals surface area contributed by atoms with Crippen LogP contribution in [0, 0.1) is 0 Å². The van der Waals surface area contributed by atoms with E-state index in [0.29, 0.717) is 16.1 Å². The maximum absolute atomic E-state index is 7.68. The van der Waals surface area contributed by atoms with Crippen LogP contribution < -0.4 is 5.73 Å². The molecule has 0 radical (unpaired) electrons. The molecule has 0 aliphatic rings. The van der Waals surface area contributed by atoms with Crippen molar-refractivity contribution in [3.8, 4) is 5.69 Å². The molecule has 2 N–H and O–H groups in total. The zero-order valence-electron chi connectivity index (χ0n) is 8.53. The first-order chi connectivity index (χ1) is 7.09. The molecule has 0 bridgehead atoms. The van der Waals surface area contributed by atoms with Crippen molar-refractivity contribution in [1.29, 1.82) is 0 Å². The van der Waals surface area contributed by atoms with Crippen molar-refractivity contribution in [2.24, 2.45) is 0 Å². The Hall–Kier alpha value is -1.36. The monoisotopic (exact) mass is 240 g/mol. The molecule has 2 heterocycles. The summed E-state index contributed by atoms with van der Waals surface area (Å²) < 4.78 is 16.9. The van der Waals surface area contributed by atoms with Crippen LogP contribution in [0.3, 0.4) is 0 Å². The van der Waals surface area contributed by atoms with Gasteiger partial charge in [-0.15, -0.1) is 0 Å². The maximum Gasteiger partial charge on any atom is 0.124 e. The van der Waals surface area contributed by atoms with Crippen LogP contribution in [0.25, 0.3) is 5.69 Å². The van der Waals surface area contributed by atoms with Gasteiger partial charge < -0.3 is 10.3 Å². The lowest BCUT2D eigenvalue weighted by atomic mass is 10.4. The summed E-state index contributed by atoms with van der Waals surface area (Å²) in [6, 6.07) is 3.30. The summed E-state index contributed by atoms with van der Waals surface area (Å²) in [5.74, 6) is 0.399. The summed E-state index contributed by atoms with van der Waals surface area (Å²) in [5, 5.41) is 0. The van der Waals surface area contributed by atoms with Gasteiger partial charge in [0, 0.05) is 6.17 Å². The molecule has 66 valence electrons. The first-order valence-corrected chi connectivity index (χ1v) is 4.32. The molecule has 0 aliphatic carbocycles. The molecule has 0 saturated carbocycles. The Balaban J connectivity index is 2.58. The third-order valence-electron chi connectivity index (χ3n) is 1.48. The summed E-state index contributed by atoms with van der Waals surface area (Å²) in [5.41, 5.74) is 6.04. The topological polar surface area (TPSA) is 56.7 Å². The van der Waals surface area contributed by atoms with Crippen LogP contribution in [0.15, 0.2) is 35.4 Å². The minimum absolute atomic E-state index is 0.0153. The summed E-state index contributed by atoms with van der Waals surface area (Å²) in [4.78, 5) is 7.70. The van der Waals surface area contributed by atoms with Crippen molar-refractivity contribution in [3.05, 3.63) is 35.4 Å². The molecule has 2 aromatic rings. The predicted molar refractivity (Wildman–Crippen MR) is 53.5 cm³/mol. The normalized spacial score (nSPS) is 12.4. The van der Waals surface area contributed by atoms with E-state index in [-0.39, 0.29) is 12.5 Å². The first kappa shape index (κ1) is 6.15. The molecule has 2 rings (SSSR count). The number of anilines is 1. The maximum atomic E-state index is 7.68. The molecule has 0 aliphatic heterocycles. The number of nitrogens with two attached hydrogens (primary N) is 1. The highest BCUT2D eigenvalue weighted by Gasteiger charge is 1.97. The van der Waals surface area contributed by atoms with Gasteiger partial charge in [0.1, 0.15) is 18.1 Å². The molecular weight excluding hydrogens is 232 g/mol. The number of pyridine rings is 1. The van der Waals surface area contributed by atoms with E-state index >= 15 is 0 Å². The van der Waals surface area contributed by atoms with Gasteiger partial charge in [-0.1, -0.05) is 0 Å². The lowest BCUT2D eigenvalue weighted by molar-refractivity contribution is 1.04. The van der Waals surface area contributed by atoms with Gasteiger partial charge in [0.05, 0.1) is 13.3 Å². The Morgan fingerprint density at radius 3 is 2.85 bits per heavy atom. The quantitative estimate of drug-likeness (QED) is 0.825. The molecule has 4 nitrogen and oxygen atoms in total. The van der Waals surface area contributed by atoms with Crippen LogP contribution in [0.5, 0.6) is 0 Å². The van der Waals surface area contributed by atoms with Crippen LogP contribution in [0.2, 0.25) is 0 Å². The van der Waals surface area contributed by atoms with Crippen LogP contribution in [0.4, 0.5) is 5.82 Å². The Morgan fingerprint density at radius 2 is 2.31 bits per heavy atom. The fourth-order valence-corrected chi connectivity index (χ4v) is 1.14. The van der Waals surface area contributed by atoms with E-state index in [1.807, 2.05) is 0 Å². The van der Waals surface area contributed by atoms with Crippen molar-refractivity contribution in [1.82, 2.24) is 14.5 Å². The molecule has 0 fully saturated rings. The number of rotatable bonds is 1. The number of hydrogen-bond donors (Lipinski definition) is 1. The van der Waals surface area contributed by atoms with Gasteiger partial charge in [0.15, 0.2) is 0 Å². The minimum Gasteiger partial charge on any atom is -0.384 e. The van der Waals surface area contributed by atoms with Crippen LogP contribution in [-0.2, 0) is 0 Å². The summed E-state index contributed by atoms with van der Waals surface area (Å²) in [6.45, 7) is 0. The minimum atomic E-state index is -0.0153. The zero-order valence-corrected chi connectivity index (χ0v) is 8.12. The summed E-state index contributed by atoms with van der Waals surface area (Å²) in [7, 11) is 0. The van der Waals surface area contributed by atoms with E-state index in [9.17, 15) is 0 Å². The van der Waals surface area contributed by atoms with E-state index < -0.39 is 0 Å². The van der Waals surface area contributed by atoms with Crippen molar-refractivity contribution in [2.75, 3.05) is 5.73 Å². The average molecular weight is 241 g/mol. The lowest BCUT2D eigenvalue weighted by Gasteiger charge is -1.99. The first-order valence-electron chi connectivity index (χ1n) is 4.53. The SMILES string of the molecule is [2H]c1nc(Br)c([2H])n1-c1ccc(N)nc1. The fraction of sp³-hybridized carbons (Fsp3) is 0. The van der Waals surface area contributed by atoms with Gasteiger partial charge in [0.2, 0.25) is 0 Å². The molecule has 5 heteroatoms. The number of imidazole rings is 1. The van der Waals surface area contributed by atoms with Crippen molar-refractivity contribution < 1.29 is 2.74 Å². The summed E-state index contributed by atoms with van der Waals surface area (Å²) in [6.07, 6.45) is 1.60. The van der Waals surface area contributed by atoms with Crippen molar-refractivity contribution in [2.45, 2.75) is 0 Å². The molecule has 0 spiro atoms. The largest absolute Gasteiger partial charge is 0.384 e. The average Bonchev–Trinajstić information content (AvgIpc) is 2.44. The molecule has 0 saturated heterocycles. The molecular formula is C8H7BrN4. The molecule has 0 unspecified atom stereocenters. The third-order valence-corrected chi connectivity index (χ3v) is 1.84. The van der Waals surface area contributed by atoms with E-state index in [2.05, 4.69) is 25.9 Å². The van der Waals surface area contributed by atoms with Crippen LogP contribution in [-0.4, -0.2) is 14.5 Å². The van der Waals surface area contributed by atoms with Gasteiger partial charge >= 0.3 is 0 Å². The van der Waals surface area contributed by atoms with Gasteiger partial charge in [0.25, 0.3) is 0 Å². The molecule has 2 aromatic heterocycles. The second-order valence-corrected chi connectivity index (χ2v) is 3.14. The number of nitrogens with zero attached hydrogens (tertiary/aromatic N) is 3. The van der Waals surface area contributed by atoms with Gasteiger partial charge in [-0.25, -0.2) is 9.97 Å². The Kier molecular flexibility index (Phi) is 1.50. The standard InChI is InChI=1S/C8H7BrN4/c9-7-4-13(5-12-7)6-1-2-8(10)11-3-6/h1-5H,(H2,10,11)/i4D,5D. The number of hydrogen-bond acceptors (Lipinski definition) is 3. The van der Waals surface area contributed by atoms with Gasteiger partial charge in [-0.3, -0.25) is 0 Å². The van der Waals surface area contributed by atoms with E-state index in [4.69, 9.17) is 8.48 Å². The zero-order chi connectivity index (χ0) is 11.0. The number of halogens is 1. The second kappa shape index (κ2) is 3.18. The Morgan fingerprint density at radius 1 is 1.46 bits per heavy atom. The van der Waals surface area contributed by atoms with Crippen LogP contribution >= 0.6 is 15.9 Å². The Labute approximate surface area is 86.4 Å². The Bertz CT molecular complexity index is 494. The van der Waals surface area contributed by atoms with E-state index in [0.717, 1.165) is 0 Å². The number of aromatic nitrogens is 3. The van der Waals surface area contributed by atoms with Crippen molar-refractivity contribution >= 4 is 21.7 Å². The molecule has 0 atom stereocenters. The van der Waals surface area contributed by atoms with Crippen LogP contribution in [0.1, 0.15) is 2.74 Å². The summed E-state index contributed by atoms with van der Waals surface area (Å²) >= 11 is 3.09. The molecule has 13 heavy (non-hydrogen) atoms. The van der Waals surface area contributed by atoms with E-state index in [1.165, 1.54) is 10.8 Å².